The molecule has 5 atom stereocenters. The normalized spacial score (nSPS) is 22.5. The largest absolute Gasteiger partial charge is 0.481 e. The number of rotatable bonds is 11. The number of urea groups is 1. The second-order valence-corrected chi connectivity index (χ2v) is 9.20. The zero-order valence-corrected chi connectivity index (χ0v) is 21.8. The lowest BCUT2D eigenvalue weighted by molar-refractivity contribution is -0.127. The van der Waals surface area contributed by atoms with E-state index in [1.807, 2.05) is 0 Å². The Kier molecular flexibility index (Phi) is 12.0. The Hall–Kier alpha value is -3.76. The van der Waals surface area contributed by atoms with Crippen molar-refractivity contribution in [2.24, 2.45) is 5.92 Å². The van der Waals surface area contributed by atoms with Crippen LogP contribution in [0.5, 0.6) is 0 Å². The highest BCUT2D eigenvalue weighted by molar-refractivity contribution is 5.88. The van der Waals surface area contributed by atoms with Crippen LogP contribution in [-0.4, -0.2) is 55.2 Å². The molecule has 2 aliphatic carbocycles. The fourth-order valence-electron chi connectivity index (χ4n) is 3.94. The molecule has 41 heavy (non-hydrogen) atoms. The van der Waals surface area contributed by atoms with Gasteiger partial charge in [-0.2, -0.15) is 26.3 Å². The molecule has 4 unspecified atom stereocenters. The molecule has 0 saturated heterocycles. The maximum atomic E-state index is 14.3. The van der Waals surface area contributed by atoms with E-state index in [0.29, 0.717) is 11.8 Å². The molecule has 0 radical (unpaired) electrons. The summed E-state index contributed by atoms with van der Waals surface area (Å²) >= 11 is 0. The summed E-state index contributed by atoms with van der Waals surface area (Å²) in [4.78, 5) is 25.9. The van der Waals surface area contributed by atoms with Gasteiger partial charge >= 0.3 is 18.4 Å². The Morgan fingerprint density at radius 3 is 2.41 bits per heavy atom. The summed E-state index contributed by atoms with van der Waals surface area (Å²) in [7, 11) is 0. The van der Waals surface area contributed by atoms with Gasteiger partial charge < -0.3 is 20.7 Å². The molecule has 14 heteroatoms. The van der Waals surface area contributed by atoms with Crippen LogP contribution in [-0.2, 0) is 9.53 Å². The Morgan fingerprint density at radius 1 is 1.17 bits per heavy atom. The topological polar surface area (TPSA) is 79.5 Å². The second kappa shape index (κ2) is 14.7. The third kappa shape index (κ3) is 11.3. The number of hydrogen-bond donors (Lipinski definition) is 3. The molecule has 0 fully saturated rings. The lowest BCUT2D eigenvalue weighted by atomic mass is 9.91. The van der Waals surface area contributed by atoms with E-state index in [-0.39, 0.29) is 25.5 Å². The molecule has 2 rings (SSSR count). The number of amides is 3. The highest BCUT2D eigenvalue weighted by Crippen LogP contribution is 2.32. The molecule has 0 saturated carbocycles. The highest BCUT2D eigenvalue weighted by Gasteiger charge is 2.37. The molecule has 3 N–H and O–H groups in total. The number of halogens is 8. The summed E-state index contributed by atoms with van der Waals surface area (Å²) in [6.45, 7) is 1.39. The van der Waals surface area contributed by atoms with Crippen molar-refractivity contribution in [3.63, 3.8) is 0 Å². The summed E-state index contributed by atoms with van der Waals surface area (Å²) in [6, 6.07) is -4.96. The van der Waals surface area contributed by atoms with Gasteiger partial charge in [0.2, 0.25) is 5.91 Å². The van der Waals surface area contributed by atoms with E-state index in [0.717, 1.165) is 12.2 Å². The SMILES string of the molecule is C#CCOC1=CCC([C@@H](NC(=O)NC(CC)C/C(=C\CC(F)(F)F)C(F)(F)F)C(=O)NC2C=CC(F)=CC2F)C=C1. The minimum atomic E-state index is -5.07. The number of ether oxygens (including phenoxy) is 1. The molecule has 6 nitrogen and oxygen atoms in total. The smallest absolute Gasteiger partial charge is 0.412 e. The zero-order valence-electron chi connectivity index (χ0n) is 21.8. The molecule has 2 aliphatic rings. The van der Waals surface area contributed by atoms with Gasteiger partial charge in [-0.3, -0.25) is 4.79 Å². The van der Waals surface area contributed by atoms with Crippen molar-refractivity contribution in [1.82, 2.24) is 16.0 Å². The van der Waals surface area contributed by atoms with Crippen LogP contribution in [0.4, 0.5) is 39.9 Å². The summed E-state index contributed by atoms with van der Waals surface area (Å²) < 4.78 is 111. The van der Waals surface area contributed by atoms with E-state index in [1.165, 1.54) is 19.1 Å². The van der Waals surface area contributed by atoms with E-state index >= 15 is 0 Å². The number of carbonyl (C=O) groups is 2. The number of nitrogens with one attached hydrogen (secondary N) is 3. The average Bonchev–Trinajstić information content (AvgIpc) is 2.88. The van der Waals surface area contributed by atoms with Crippen LogP contribution in [0, 0.1) is 18.3 Å². The van der Waals surface area contributed by atoms with Crippen LogP contribution in [0.15, 0.2) is 59.7 Å². The van der Waals surface area contributed by atoms with Crippen molar-refractivity contribution in [1.29, 1.82) is 0 Å². The van der Waals surface area contributed by atoms with Gasteiger partial charge in [-0.15, -0.1) is 6.42 Å². The van der Waals surface area contributed by atoms with E-state index in [2.05, 4.69) is 21.9 Å². The third-order valence-corrected chi connectivity index (χ3v) is 6.09. The zero-order chi connectivity index (χ0) is 30.8. The Bertz CT molecular complexity index is 1130. The van der Waals surface area contributed by atoms with Crippen molar-refractivity contribution in [2.45, 2.75) is 69.3 Å². The summed E-state index contributed by atoms with van der Waals surface area (Å²) in [5, 5.41) is 6.97. The van der Waals surface area contributed by atoms with Crippen LogP contribution in [0.1, 0.15) is 32.6 Å². The van der Waals surface area contributed by atoms with Gasteiger partial charge in [0.1, 0.15) is 30.4 Å². The molecule has 0 aromatic rings. The van der Waals surface area contributed by atoms with Crippen LogP contribution in [0.3, 0.4) is 0 Å². The van der Waals surface area contributed by atoms with E-state index < -0.39 is 78.7 Å². The summed E-state index contributed by atoms with van der Waals surface area (Å²) in [5.41, 5.74) is -1.46. The van der Waals surface area contributed by atoms with Crippen LogP contribution in [0.2, 0.25) is 0 Å². The van der Waals surface area contributed by atoms with Gasteiger partial charge in [0.05, 0.1) is 12.5 Å². The van der Waals surface area contributed by atoms with E-state index in [9.17, 15) is 44.7 Å². The minimum absolute atomic E-state index is 0.0276. The van der Waals surface area contributed by atoms with Gasteiger partial charge in [0, 0.05) is 17.5 Å². The summed E-state index contributed by atoms with van der Waals surface area (Å²) in [5.74, 6) is 0.219. The van der Waals surface area contributed by atoms with Crippen molar-refractivity contribution in [2.75, 3.05) is 6.61 Å². The quantitative estimate of drug-likeness (QED) is 0.165. The predicted molar refractivity (Wildman–Crippen MR) is 134 cm³/mol. The van der Waals surface area contributed by atoms with Crippen molar-refractivity contribution < 1.29 is 49.4 Å². The molecule has 0 bridgehead atoms. The summed E-state index contributed by atoms with van der Waals surface area (Å²) in [6.07, 6.45) is -2.09. The minimum Gasteiger partial charge on any atom is -0.481 e. The van der Waals surface area contributed by atoms with E-state index in [1.54, 1.807) is 6.08 Å². The lowest BCUT2D eigenvalue weighted by Gasteiger charge is -2.29. The van der Waals surface area contributed by atoms with E-state index in [4.69, 9.17) is 11.2 Å². The van der Waals surface area contributed by atoms with Gasteiger partial charge in [-0.25, -0.2) is 13.6 Å². The standard InChI is InChI=1S/C27H29F8N3O3/c1-3-13-41-20-8-5-16(6-9-20)23(24(39)37-22-10-7-18(28)15-21(22)29)38-25(40)36-19(4-2)14-17(27(33,34)35)11-12-26(30,31)32/h1,5,7-11,15-16,19,21-23H,4,6,12-14H2,2H3,(H,37,39)(H2,36,38,40)/b17-11+/t16?,19?,21?,22?,23-/m1/s1. The van der Waals surface area contributed by atoms with Crippen molar-refractivity contribution >= 4 is 11.9 Å². The molecule has 3 amide bonds. The molecule has 0 spiro atoms. The van der Waals surface area contributed by atoms with Crippen LogP contribution >= 0.6 is 0 Å². The van der Waals surface area contributed by atoms with Crippen LogP contribution < -0.4 is 16.0 Å². The molecular weight excluding hydrogens is 566 g/mol. The molecule has 226 valence electrons. The molecule has 0 aromatic carbocycles. The van der Waals surface area contributed by atoms with Crippen LogP contribution in [0.25, 0.3) is 0 Å². The number of carbonyl (C=O) groups excluding carboxylic acids is 2. The maximum Gasteiger partial charge on any atom is 0.412 e. The first-order chi connectivity index (χ1) is 19.1. The molecule has 0 aliphatic heterocycles. The monoisotopic (exact) mass is 595 g/mol. The first kappa shape index (κ1) is 33.4. The second-order valence-electron chi connectivity index (χ2n) is 9.20. The number of allylic oxidation sites excluding steroid dienone is 5. The first-order valence-electron chi connectivity index (χ1n) is 12.5. The van der Waals surface area contributed by atoms with Gasteiger partial charge in [-0.1, -0.05) is 31.1 Å². The molecular formula is C27H29F8N3O3. The fourth-order valence-corrected chi connectivity index (χ4v) is 3.94. The fraction of sp³-hybridized carbons (Fsp3) is 0.481. The average molecular weight is 596 g/mol. The lowest BCUT2D eigenvalue weighted by Crippen LogP contribution is -2.57. The van der Waals surface area contributed by atoms with Crippen molar-refractivity contribution in [3.8, 4) is 12.3 Å². The Labute approximate surface area is 231 Å². The Morgan fingerprint density at radius 2 is 1.88 bits per heavy atom. The molecule has 0 aromatic heterocycles. The van der Waals surface area contributed by atoms with Gasteiger partial charge in [-0.05, 0) is 43.6 Å². The Balaban J connectivity index is 2.18. The number of hydrogen-bond acceptors (Lipinski definition) is 3. The first-order valence-corrected chi connectivity index (χ1v) is 12.5. The van der Waals surface area contributed by atoms with Gasteiger partial charge in [0.25, 0.3) is 0 Å². The number of alkyl halides is 7. The van der Waals surface area contributed by atoms with Crippen molar-refractivity contribution in [3.05, 3.63) is 59.7 Å². The predicted octanol–water partition coefficient (Wildman–Crippen LogP) is 5.62. The number of terminal acetylenes is 1. The molecule has 0 heterocycles. The highest BCUT2D eigenvalue weighted by atomic mass is 19.4. The third-order valence-electron chi connectivity index (χ3n) is 6.09. The maximum absolute atomic E-state index is 14.3. The van der Waals surface area contributed by atoms with Gasteiger partial charge in [0.15, 0.2) is 0 Å².